The van der Waals surface area contributed by atoms with Crippen molar-refractivity contribution in [3.05, 3.63) is 24.3 Å². The molecule has 1 fully saturated rings. The van der Waals surface area contributed by atoms with Crippen LogP contribution >= 0.6 is 0 Å². The largest absolute Gasteiger partial charge is 0.497 e. The Morgan fingerprint density at radius 3 is 2.89 bits per heavy atom. The van der Waals surface area contributed by atoms with Crippen LogP contribution in [0.3, 0.4) is 0 Å². The minimum atomic E-state index is 0.234. The van der Waals surface area contributed by atoms with Crippen molar-refractivity contribution in [1.82, 2.24) is 0 Å². The maximum absolute atomic E-state index is 6.24. The van der Waals surface area contributed by atoms with Gasteiger partial charge in [-0.1, -0.05) is 19.4 Å². The van der Waals surface area contributed by atoms with Crippen LogP contribution < -0.4 is 15.4 Å². The van der Waals surface area contributed by atoms with Crippen molar-refractivity contribution in [2.75, 3.05) is 25.6 Å². The van der Waals surface area contributed by atoms with Crippen molar-refractivity contribution in [1.29, 1.82) is 0 Å². The molecule has 0 bridgehead atoms. The Morgan fingerprint density at radius 1 is 1.50 bits per heavy atom. The van der Waals surface area contributed by atoms with Crippen molar-refractivity contribution < 1.29 is 4.74 Å². The lowest BCUT2D eigenvalue weighted by atomic mass is 9.84. The molecule has 1 aromatic rings. The zero-order valence-electron chi connectivity index (χ0n) is 11.6. The number of hydrogen-bond acceptors (Lipinski definition) is 3. The Bertz CT molecular complexity index is 407. The lowest BCUT2D eigenvalue weighted by Crippen LogP contribution is -2.43. The molecule has 2 atom stereocenters. The number of benzene rings is 1. The molecule has 3 nitrogen and oxygen atoms in total. The molecule has 0 amide bonds. The molecule has 0 heterocycles. The van der Waals surface area contributed by atoms with E-state index < -0.39 is 0 Å². The molecule has 0 radical (unpaired) electrons. The highest BCUT2D eigenvalue weighted by Crippen LogP contribution is 2.38. The van der Waals surface area contributed by atoms with Gasteiger partial charge in [0.15, 0.2) is 0 Å². The zero-order valence-corrected chi connectivity index (χ0v) is 11.6. The third-order valence-corrected chi connectivity index (χ3v) is 4.25. The summed E-state index contributed by atoms with van der Waals surface area (Å²) in [5.74, 6) is 0.903. The quantitative estimate of drug-likeness (QED) is 0.890. The average molecular weight is 248 g/mol. The summed E-state index contributed by atoms with van der Waals surface area (Å²) in [4.78, 5) is 2.29. The van der Waals surface area contributed by atoms with Crippen LogP contribution in [0.5, 0.6) is 5.75 Å². The predicted octanol–water partition coefficient (Wildman–Crippen LogP) is 2.65. The second kappa shape index (κ2) is 5.19. The Kier molecular flexibility index (Phi) is 3.81. The van der Waals surface area contributed by atoms with E-state index >= 15 is 0 Å². The molecule has 0 spiro atoms. The van der Waals surface area contributed by atoms with E-state index in [0.29, 0.717) is 6.04 Å². The Balaban J connectivity index is 2.09. The number of nitrogens with two attached hydrogens (primary N) is 1. The van der Waals surface area contributed by atoms with Gasteiger partial charge >= 0.3 is 0 Å². The minimum absolute atomic E-state index is 0.234. The number of anilines is 1. The van der Waals surface area contributed by atoms with E-state index in [1.54, 1.807) is 7.11 Å². The van der Waals surface area contributed by atoms with Crippen LogP contribution in [-0.2, 0) is 0 Å². The van der Waals surface area contributed by atoms with Gasteiger partial charge in [-0.25, -0.2) is 0 Å². The fourth-order valence-electron chi connectivity index (χ4n) is 2.94. The summed E-state index contributed by atoms with van der Waals surface area (Å²) in [6.07, 6.45) is 3.63. The maximum atomic E-state index is 6.24. The van der Waals surface area contributed by atoms with Crippen LogP contribution in [0.2, 0.25) is 0 Å². The molecule has 0 aliphatic heterocycles. The van der Waals surface area contributed by atoms with E-state index in [-0.39, 0.29) is 5.41 Å². The summed E-state index contributed by atoms with van der Waals surface area (Å²) in [5.41, 5.74) is 7.67. The maximum Gasteiger partial charge on any atom is 0.120 e. The first kappa shape index (κ1) is 13.2. The van der Waals surface area contributed by atoms with Crippen LogP contribution in [0.4, 0.5) is 5.69 Å². The highest BCUT2D eigenvalue weighted by Gasteiger charge is 2.37. The van der Waals surface area contributed by atoms with E-state index in [2.05, 4.69) is 31.0 Å². The Labute approximate surface area is 110 Å². The van der Waals surface area contributed by atoms with Crippen LogP contribution in [-0.4, -0.2) is 26.7 Å². The summed E-state index contributed by atoms with van der Waals surface area (Å²) < 4.78 is 5.27. The van der Waals surface area contributed by atoms with Crippen LogP contribution in [0.1, 0.15) is 26.2 Å². The van der Waals surface area contributed by atoms with Gasteiger partial charge in [0, 0.05) is 36.8 Å². The van der Waals surface area contributed by atoms with Gasteiger partial charge in [-0.3, -0.25) is 0 Å². The summed E-state index contributed by atoms with van der Waals surface area (Å²) in [6.45, 7) is 3.31. The van der Waals surface area contributed by atoms with Gasteiger partial charge < -0.3 is 15.4 Å². The van der Waals surface area contributed by atoms with Gasteiger partial charge in [-0.05, 0) is 25.0 Å². The van der Waals surface area contributed by atoms with Crippen molar-refractivity contribution in [3.8, 4) is 5.75 Å². The second-order valence-electron chi connectivity index (χ2n) is 5.71. The fourth-order valence-corrected chi connectivity index (χ4v) is 2.94. The van der Waals surface area contributed by atoms with Gasteiger partial charge in [0.2, 0.25) is 0 Å². The van der Waals surface area contributed by atoms with Crippen LogP contribution in [0.25, 0.3) is 0 Å². The molecule has 1 aliphatic carbocycles. The monoisotopic (exact) mass is 248 g/mol. The number of methoxy groups -OCH3 is 1. The first-order chi connectivity index (χ1) is 8.55. The minimum Gasteiger partial charge on any atom is -0.497 e. The van der Waals surface area contributed by atoms with Gasteiger partial charge in [-0.15, -0.1) is 0 Å². The van der Waals surface area contributed by atoms with Crippen molar-refractivity contribution in [2.24, 2.45) is 11.1 Å². The van der Waals surface area contributed by atoms with Gasteiger partial charge in [-0.2, -0.15) is 0 Å². The molecule has 1 aliphatic rings. The molecule has 0 saturated heterocycles. The topological polar surface area (TPSA) is 38.5 Å². The highest BCUT2D eigenvalue weighted by molar-refractivity contribution is 5.50. The summed E-state index contributed by atoms with van der Waals surface area (Å²) >= 11 is 0. The molecular weight excluding hydrogens is 224 g/mol. The molecule has 0 aromatic heterocycles. The zero-order chi connectivity index (χ0) is 13.2. The second-order valence-corrected chi connectivity index (χ2v) is 5.71. The summed E-state index contributed by atoms with van der Waals surface area (Å²) in [5, 5.41) is 0. The first-order valence-electron chi connectivity index (χ1n) is 6.66. The van der Waals surface area contributed by atoms with Crippen molar-refractivity contribution in [3.63, 3.8) is 0 Å². The number of rotatable bonds is 4. The highest BCUT2D eigenvalue weighted by atomic mass is 16.5. The van der Waals surface area contributed by atoms with E-state index in [1.807, 2.05) is 12.1 Å². The van der Waals surface area contributed by atoms with Crippen molar-refractivity contribution in [2.45, 2.75) is 32.2 Å². The Morgan fingerprint density at radius 2 is 2.28 bits per heavy atom. The third-order valence-electron chi connectivity index (χ3n) is 4.25. The van der Waals surface area contributed by atoms with Gasteiger partial charge in [0.05, 0.1) is 7.11 Å². The summed E-state index contributed by atoms with van der Waals surface area (Å²) in [7, 11) is 3.83. The number of ether oxygens (including phenoxy) is 1. The van der Waals surface area contributed by atoms with E-state index in [0.717, 1.165) is 18.7 Å². The summed E-state index contributed by atoms with van der Waals surface area (Å²) in [6, 6.07) is 8.52. The molecule has 3 heteroatoms. The Hall–Kier alpha value is -1.22. The third kappa shape index (κ3) is 2.61. The SMILES string of the molecule is COc1cccc(N(C)CC2(C)CCCC2N)c1. The molecular formula is C15H24N2O. The van der Waals surface area contributed by atoms with Crippen LogP contribution in [0.15, 0.2) is 24.3 Å². The smallest absolute Gasteiger partial charge is 0.120 e. The van der Waals surface area contributed by atoms with Gasteiger partial charge in [0.25, 0.3) is 0 Å². The predicted molar refractivity (Wildman–Crippen MR) is 76.2 cm³/mol. The van der Waals surface area contributed by atoms with E-state index in [1.165, 1.54) is 18.5 Å². The normalized spacial score (nSPS) is 27.2. The number of nitrogens with zero attached hydrogens (tertiary/aromatic N) is 1. The molecule has 100 valence electrons. The lowest BCUT2D eigenvalue weighted by molar-refractivity contribution is 0.301. The molecule has 18 heavy (non-hydrogen) atoms. The molecule has 1 aromatic carbocycles. The van der Waals surface area contributed by atoms with Crippen LogP contribution in [0, 0.1) is 5.41 Å². The lowest BCUT2D eigenvalue weighted by Gasteiger charge is -2.34. The fraction of sp³-hybridized carbons (Fsp3) is 0.600. The van der Waals surface area contributed by atoms with Crippen molar-refractivity contribution >= 4 is 5.69 Å². The first-order valence-corrected chi connectivity index (χ1v) is 6.66. The molecule has 2 unspecified atom stereocenters. The van der Waals surface area contributed by atoms with E-state index in [9.17, 15) is 0 Å². The van der Waals surface area contributed by atoms with Gasteiger partial charge in [0.1, 0.15) is 5.75 Å². The standard InChI is InChI=1S/C15H24N2O/c1-15(9-5-8-14(15)16)11-17(2)12-6-4-7-13(10-12)18-3/h4,6-7,10,14H,5,8-9,11,16H2,1-3H3. The molecule has 1 saturated carbocycles. The van der Waals surface area contributed by atoms with E-state index in [4.69, 9.17) is 10.5 Å². The number of hydrogen-bond donors (Lipinski definition) is 1. The average Bonchev–Trinajstić information content (AvgIpc) is 2.69. The molecule has 2 rings (SSSR count). The molecule has 2 N–H and O–H groups in total.